The lowest BCUT2D eigenvalue weighted by Gasteiger charge is -2.36. The molecule has 1 aliphatic carbocycles. The van der Waals surface area contributed by atoms with Crippen LogP contribution in [0.4, 0.5) is 13.2 Å². The molecule has 1 aromatic heterocycles. The van der Waals surface area contributed by atoms with Gasteiger partial charge in [-0.05, 0) is 42.3 Å². The summed E-state index contributed by atoms with van der Waals surface area (Å²) in [5.74, 6) is 0.197. The van der Waals surface area contributed by atoms with Crippen molar-refractivity contribution in [2.75, 3.05) is 6.54 Å². The van der Waals surface area contributed by atoms with Crippen LogP contribution in [0.3, 0.4) is 0 Å². The molecule has 0 spiro atoms. The minimum absolute atomic E-state index is 0.0472. The van der Waals surface area contributed by atoms with Gasteiger partial charge in [0.15, 0.2) is 0 Å². The third-order valence-electron chi connectivity index (χ3n) is 4.66. The van der Waals surface area contributed by atoms with Crippen LogP contribution in [0.2, 0.25) is 0 Å². The van der Waals surface area contributed by atoms with Crippen molar-refractivity contribution in [2.24, 2.45) is 11.3 Å². The summed E-state index contributed by atoms with van der Waals surface area (Å²) in [6.45, 7) is 6.87. The Labute approximate surface area is 124 Å². The maximum Gasteiger partial charge on any atom is 0.416 e. The van der Waals surface area contributed by atoms with Gasteiger partial charge in [0.25, 0.3) is 0 Å². The van der Waals surface area contributed by atoms with Crippen LogP contribution in [0, 0.1) is 11.3 Å². The third kappa shape index (κ3) is 3.39. The molecule has 0 bridgehead atoms. The predicted molar refractivity (Wildman–Crippen MR) is 76.8 cm³/mol. The van der Waals surface area contributed by atoms with E-state index >= 15 is 0 Å². The zero-order valence-electron chi connectivity index (χ0n) is 12.8. The van der Waals surface area contributed by atoms with Gasteiger partial charge in [0.05, 0.1) is 5.56 Å². The molecular formula is C16H23F3N2. The molecule has 1 fully saturated rings. The first-order valence-corrected chi connectivity index (χ1v) is 7.52. The van der Waals surface area contributed by atoms with Gasteiger partial charge in [-0.15, -0.1) is 0 Å². The highest BCUT2D eigenvalue weighted by atomic mass is 19.4. The number of halogens is 3. The first-order valence-electron chi connectivity index (χ1n) is 7.52. The van der Waals surface area contributed by atoms with Gasteiger partial charge in [0.2, 0.25) is 0 Å². The molecule has 1 aromatic rings. The number of alkyl halides is 3. The molecule has 1 heterocycles. The molecule has 2 unspecified atom stereocenters. The maximum atomic E-state index is 13.3. The zero-order valence-corrected chi connectivity index (χ0v) is 12.8. The van der Waals surface area contributed by atoms with Crippen molar-refractivity contribution in [3.05, 3.63) is 29.6 Å². The first-order chi connectivity index (χ1) is 9.77. The number of aromatic nitrogens is 1. The summed E-state index contributed by atoms with van der Waals surface area (Å²) in [4.78, 5) is 3.94. The molecule has 0 saturated heterocycles. The van der Waals surface area contributed by atoms with Crippen LogP contribution in [-0.2, 0) is 6.18 Å². The van der Waals surface area contributed by atoms with Crippen molar-refractivity contribution in [3.8, 4) is 0 Å². The third-order valence-corrected chi connectivity index (χ3v) is 4.66. The first kappa shape index (κ1) is 16.3. The van der Waals surface area contributed by atoms with Gasteiger partial charge in [0, 0.05) is 18.4 Å². The summed E-state index contributed by atoms with van der Waals surface area (Å²) >= 11 is 0. The Morgan fingerprint density at radius 1 is 1.43 bits per heavy atom. The quantitative estimate of drug-likeness (QED) is 0.880. The lowest BCUT2D eigenvalue weighted by atomic mass is 9.75. The fourth-order valence-corrected chi connectivity index (χ4v) is 3.57. The van der Waals surface area contributed by atoms with Crippen molar-refractivity contribution in [2.45, 2.75) is 52.3 Å². The fourth-order valence-electron chi connectivity index (χ4n) is 3.57. The summed E-state index contributed by atoms with van der Waals surface area (Å²) in [7, 11) is 0. The SMILES string of the molecule is CCNC(c1cnccc1C(F)(F)F)C1CCCC1(C)C. The van der Waals surface area contributed by atoms with E-state index in [9.17, 15) is 13.2 Å². The minimum Gasteiger partial charge on any atom is -0.310 e. The Hall–Kier alpha value is -1.10. The van der Waals surface area contributed by atoms with Crippen molar-refractivity contribution in [1.29, 1.82) is 0 Å². The Bertz CT molecular complexity index is 483. The van der Waals surface area contributed by atoms with Gasteiger partial charge in [-0.1, -0.05) is 27.2 Å². The molecule has 0 radical (unpaired) electrons. The smallest absolute Gasteiger partial charge is 0.310 e. The Morgan fingerprint density at radius 2 is 2.14 bits per heavy atom. The monoisotopic (exact) mass is 300 g/mol. The molecule has 1 aliphatic rings. The van der Waals surface area contributed by atoms with Crippen molar-refractivity contribution >= 4 is 0 Å². The van der Waals surface area contributed by atoms with Gasteiger partial charge in [-0.25, -0.2) is 0 Å². The van der Waals surface area contributed by atoms with E-state index in [-0.39, 0.29) is 22.9 Å². The van der Waals surface area contributed by atoms with E-state index in [4.69, 9.17) is 0 Å². The number of nitrogens with zero attached hydrogens (tertiary/aromatic N) is 1. The van der Waals surface area contributed by atoms with E-state index in [2.05, 4.69) is 24.1 Å². The normalized spacial score (nSPS) is 23.2. The molecule has 118 valence electrons. The highest BCUT2D eigenvalue weighted by Gasteiger charge is 2.43. The molecule has 2 rings (SSSR count). The Morgan fingerprint density at radius 3 is 2.67 bits per heavy atom. The van der Waals surface area contributed by atoms with Crippen LogP contribution < -0.4 is 5.32 Å². The fraction of sp³-hybridized carbons (Fsp3) is 0.688. The zero-order chi connectivity index (χ0) is 15.7. The van der Waals surface area contributed by atoms with E-state index in [0.717, 1.165) is 25.3 Å². The maximum absolute atomic E-state index is 13.3. The van der Waals surface area contributed by atoms with Gasteiger partial charge >= 0.3 is 6.18 Å². The number of nitrogens with one attached hydrogen (secondary N) is 1. The van der Waals surface area contributed by atoms with Gasteiger partial charge in [0.1, 0.15) is 0 Å². The molecule has 5 heteroatoms. The predicted octanol–water partition coefficient (Wildman–Crippen LogP) is 4.58. The Balaban J connectivity index is 2.44. The second-order valence-electron chi connectivity index (χ2n) is 6.48. The second-order valence-corrected chi connectivity index (χ2v) is 6.48. The summed E-state index contributed by atoms with van der Waals surface area (Å²) in [5, 5.41) is 3.27. The topological polar surface area (TPSA) is 24.9 Å². The highest BCUT2D eigenvalue weighted by molar-refractivity contribution is 5.30. The summed E-state index contributed by atoms with van der Waals surface area (Å²) in [5.41, 5.74) is -0.232. The van der Waals surface area contributed by atoms with Crippen LogP contribution in [0.25, 0.3) is 0 Å². The minimum atomic E-state index is -4.34. The van der Waals surface area contributed by atoms with Crippen molar-refractivity contribution in [3.63, 3.8) is 0 Å². The van der Waals surface area contributed by atoms with E-state index in [0.29, 0.717) is 6.54 Å². The highest BCUT2D eigenvalue weighted by Crippen LogP contribution is 2.50. The second kappa shape index (κ2) is 5.95. The largest absolute Gasteiger partial charge is 0.416 e. The Kier molecular flexibility index (Phi) is 4.61. The van der Waals surface area contributed by atoms with Crippen LogP contribution in [0.1, 0.15) is 57.2 Å². The van der Waals surface area contributed by atoms with E-state index in [1.54, 1.807) is 0 Å². The van der Waals surface area contributed by atoms with E-state index in [1.165, 1.54) is 12.4 Å². The molecule has 0 amide bonds. The molecule has 1 saturated carbocycles. The average molecular weight is 300 g/mol. The number of hydrogen-bond acceptors (Lipinski definition) is 2. The standard InChI is InChI=1S/C16H23F3N2/c1-4-21-14(13-6-5-8-15(13,2)3)11-10-20-9-7-12(11)16(17,18)19/h7,9-10,13-14,21H,4-6,8H2,1-3H3. The van der Waals surface area contributed by atoms with Gasteiger partial charge in [-0.2, -0.15) is 13.2 Å². The molecule has 21 heavy (non-hydrogen) atoms. The van der Waals surface area contributed by atoms with E-state index in [1.807, 2.05) is 6.92 Å². The van der Waals surface area contributed by atoms with Crippen LogP contribution in [-0.4, -0.2) is 11.5 Å². The molecule has 2 nitrogen and oxygen atoms in total. The molecule has 0 aromatic carbocycles. The van der Waals surface area contributed by atoms with Crippen LogP contribution in [0.5, 0.6) is 0 Å². The van der Waals surface area contributed by atoms with Crippen molar-refractivity contribution < 1.29 is 13.2 Å². The number of rotatable bonds is 4. The molecular weight excluding hydrogens is 277 g/mol. The molecule has 2 atom stereocenters. The summed E-state index contributed by atoms with van der Waals surface area (Å²) in [6, 6.07) is 0.791. The van der Waals surface area contributed by atoms with E-state index < -0.39 is 11.7 Å². The lowest BCUT2D eigenvalue weighted by Crippen LogP contribution is -2.35. The average Bonchev–Trinajstić information content (AvgIpc) is 2.74. The van der Waals surface area contributed by atoms with Crippen molar-refractivity contribution in [1.82, 2.24) is 10.3 Å². The lowest BCUT2D eigenvalue weighted by molar-refractivity contribution is -0.138. The van der Waals surface area contributed by atoms with Crippen LogP contribution >= 0.6 is 0 Å². The summed E-state index contributed by atoms with van der Waals surface area (Å²) in [6.07, 6.45) is 1.34. The number of hydrogen-bond donors (Lipinski definition) is 1. The van der Waals surface area contributed by atoms with Gasteiger partial charge < -0.3 is 5.32 Å². The summed E-state index contributed by atoms with van der Waals surface area (Å²) < 4.78 is 39.8. The van der Waals surface area contributed by atoms with Gasteiger partial charge in [-0.3, -0.25) is 4.98 Å². The van der Waals surface area contributed by atoms with Crippen LogP contribution in [0.15, 0.2) is 18.5 Å². The number of pyridine rings is 1. The molecule has 1 N–H and O–H groups in total. The molecule has 0 aliphatic heterocycles.